The minimum absolute atomic E-state index is 0.0238. The number of sulfonamides is 1. The van der Waals surface area contributed by atoms with Gasteiger partial charge in [0.2, 0.25) is 10.0 Å². The molecular formula is C13H20N2O3S. The minimum atomic E-state index is -3.38. The Labute approximate surface area is 113 Å². The van der Waals surface area contributed by atoms with E-state index in [1.807, 2.05) is 0 Å². The Morgan fingerprint density at radius 3 is 2.58 bits per heavy atom. The van der Waals surface area contributed by atoms with Gasteiger partial charge in [-0.1, -0.05) is 18.2 Å². The summed E-state index contributed by atoms with van der Waals surface area (Å²) in [5, 5.41) is 8.95. The van der Waals surface area contributed by atoms with Crippen LogP contribution in [0.1, 0.15) is 24.8 Å². The van der Waals surface area contributed by atoms with E-state index >= 15 is 0 Å². The third-order valence-corrected chi connectivity index (χ3v) is 4.94. The van der Waals surface area contributed by atoms with E-state index in [-0.39, 0.29) is 17.8 Å². The Hall–Kier alpha value is -1.11. The molecule has 1 aromatic rings. The van der Waals surface area contributed by atoms with Gasteiger partial charge in [-0.3, -0.25) is 0 Å². The second-order valence-electron chi connectivity index (χ2n) is 5.25. The zero-order valence-electron chi connectivity index (χ0n) is 10.8. The van der Waals surface area contributed by atoms with Gasteiger partial charge in [0.25, 0.3) is 0 Å². The van der Waals surface area contributed by atoms with Crippen LogP contribution in [0.25, 0.3) is 0 Å². The number of nitrogens with two attached hydrogens (primary N) is 1. The lowest BCUT2D eigenvalue weighted by Gasteiger charge is -2.15. The summed E-state index contributed by atoms with van der Waals surface area (Å²) in [5.74, 6) is -0.102. The monoisotopic (exact) mass is 284 g/mol. The van der Waals surface area contributed by atoms with Crippen LogP contribution in [0.5, 0.6) is 0 Å². The molecule has 5 nitrogen and oxygen atoms in total. The molecule has 1 aromatic carbocycles. The number of hydrogen-bond acceptors (Lipinski definition) is 4. The van der Waals surface area contributed by atoms with Gasteiger partial charge >= 0.3 is 0 Å². The van der Waals surface area contributed by atoms with Crippen LogP contribution >= 0.6 is 0 Å². The third-order valence-electron chi connectivity index (χ3n) is 3.67. The smallest absolute Gasteiger partial charge is 0.215 e. The van der Waals surface area contributed by atoms with Crippen molar-refractivity contribution in [3.05, 3.63) is 29.8 Å². The molecule has 1 saturated carbocycles. The van der Waals surface area contributed by atoms with Gasteiger partial charge in [-0.15, -0.1) is 0 Å². The van der Waals surface area contributed by atoms with E-state index in [9.17, 15) is 8.42 Å². The maximum atomic E-state index is 12.0. The largest absolute Gasteiger partial charge is 0.398 e. The molecule has 6 heteroatoms. The second kappa shape index (κ2) is 5.48. The topological polar surface area (TPSA) is 92.4 Å². The first-order chi connectivity index (χ1) is 8.96. The van der Waals surface area contributed by atoms with E-state index in [1.165, 1.54) is 0 Å². The van der Waals surface area contributed by atoms with Gasteiger partial charge in [-0.25, -0.2) is 13.1 Å². The predicted octanol–water partition coefficient (Wildman–Crippen LogP) is 0.851. The molecule has 1 aliphatic carbocycles. The van der Waals surface area contributed by atoms with Crippen LogP contribution in [-0.4, -0.2) is 26.7 Å². The van der Waals surface area contributed by atoms with Crippen LogP contribution in [0.3, 0.4) is 0 Å². The number of anilines is 1. The summed E-state index contributed by atoms with van der Waals surface area (Å²) in [6, 6.07) is 6.96. The Bertz CT molecular complexity index is 539. The highest BCUT2D eigenvalue weighted by Crippen LogP contribution is 2.48. The van der Waals surface area contributed by atoms with Crippen molar-refractivity contribution in [3.63, 3.8) is 0 Å². The summed E-state index contributed by atoms with van der Waals surface area (Å²) in [4.78, 5) is 0. The van der Waals surface area contributed by atoms with Gasteiger partial charge in [-0.2, -0.15) is 0 Å². The van der Waals surface area contributed by atoms with Crippen molar-refractivity contribution in [2.24, 2.45) is 5.41 Å². The molecule has 0 unspecified atom stereocenters. The molecular weight excluding hydrogens is 264 g/mol. The molecule has 106 valence electrons. The summed E-state index contributed by atoms with van der Waals surface area (Å²) in [7, 11) is -3.38. The number of para-hydroxylation sites is 1. The minimum Gasteiger partial charge on any atom is -0.398 e. The Balaban J connectivity index is 1.94. The quantitative estimate of drug-likeness (QED) is 0.647. The van der Waals surface area contributed by atoms with Crippen molar-refractivity contribution < 1.29 is 13.5 Å². The van der Waals surface area contributed by atoms with E-state index in [2.05, 4.69) is 4.72 Å². The molecule has 0 atom stereocenters. The highest BCUT2D eigenvalue weighted by molar-refractivity contribution is 7.88. The maximum Gasteiger partial charge on any atom is 0.215 e. The highest BCUT2D eigenvalue weighted by atomic mass is 32.2. The average Bonchev–Trinajstić information content (AvgIpc) is 3.11. The fraction of sp³-hybridized carbons (Fsp3) is 0.538. The normalized spacial score (nSPS) is 17.3. The molecule has 0 aromatic heterocycles. The van der Waals surface area contributed by atoms with Crippen LogP contribution in [-0.2, 0) is 15.8 Å². The molecule has 1 aliphatic rings. The summed E-state index contributed by atoms with van der Waals surface area (Å²) >= 11 is 0. The van der Waals surface area contributed by atoms with Crippen LogP contribution in [0, 0.1) is 5.41 Å². The van der Waals surface area contributed by atoms with Crippen LogP contribution in [0.4, 0.5) is 5.69 Å². The molecule has 0 aliphatic heterocycles. The van der Waals surface area contributed by atoms with Crippen molar-refractivity contribution in [2.45, 2.75) is 25.0 Å². The van der Waals surface area contributed by atoms with Crippen molar-refractivity contribution in [1.82, 2.24) is 4.72 Å². The average molecular weight is 284 g/mol. The molecule has 0 saturated heterocycles. The molecule has 4 N–H and O–H groups in total. The first-order valence-electron chi connectivity index (χ1n) is 6.38. The number of aliphatic hydroxyl groups excluding tert-OH is 1. The van der Waals surface area contributed by atoms with Gasteiger partial charge in [0, 0.05) is 18.8 Å². The summed E-state index contributed by atoms with van der Waals surface area (Å²) in [6.45, 7) is 0.510. The SMILES string of the molecule is Nc1ccccc1CS(=O)(=O)NCC1(CCO)CC1. The lowest BCUT2D eigenvalue weighted by atomic mass is 10.0. The lowest BCUT2D eigenvalue weighted by molar-refractivity contribution is 0.249. The Morgan fingerprint density at radius 1 is 1.32 bits per heavy atom. The number of nitrogens with one attached hydrogen (secondary N) is 1. The first-order valence-corrected chi connectivity index (χ1v) is 8.03. The molecule has 0 amide bonds. The molecule has 2 rings (SSSR count). The number of hydrogen-bond donors (Lipinski definition) is 3. The molecule has 0 bridgehead atoms. The highest BCUT2D eigenvalue weighted by Gasteiger charge is 2.42. The van der Waals surface area contributed by atoms with Gasteiger partial charge < -0.3 is 10.8 Å². The van der Waals surface area contributed by atoms with Crippen molar-refractivity contribution in [2.75, 3.05) is 18.9 Å². The van der Waals surface area contributed by atoms with Crippen LogP contribution in [0.2, 0.25) is 0 Å². The first kappa shape index (κ1) is 14.3. The van der Waals surface area contributed by atoms with E-state index < -0.39 is 10.0 Å². The van der Waals surface area contributed by atoms with Crippen molar-refractivity contribution in [1.29, 1.82) is 0 Å². The van der Waals surface area contributed by atoms with E-state index in [4.69, 9.17) is 10.8 Å². The maximum absolute atomic E-state index is 12.0. The summed E-state index contributed by atoms with van der Waals surface area (Å²) < 4.78 is 26.6. The Morgan fingerprint density at radius 2 is 2.00 bits per heavy atom. The lowest BCUT2D eigenvalue weighted by Crippen LogP contribution is -2.31. The van der Waals surface area contributed by atoms with Crippen molar-refractivity contribution in [3.8, 4) is 0 Å². The molecule has 1 fully saturated rings. The Kier molecular flexibility index (Phi) is 4.13. The molecule has 0 spiro atoms. The molecule has 19 heavy (non-hydrogen) atoms. The number of rotatable bonds is 7. The van der Waals surface area contributed by atoms with Crippen molar-refractivity contribution >= 4 is 15.7 Å². The van der Waals surface area contributed by atoms with Crippen LogP contribution < -0.4 is 10.5 Å². The predicted molar refractivity (Wildman–Crippen MR) is 74.9 cm³/mol. The zero-order chi connectivity index (χ0) is 13.9. The van der Waals surface area contributed by atoms with E-state index in [1.54, 1.807) is 24.3 Å². The van der Waals surface area contributed by atoms with Gasteiger partial charge in [0.1, 0.15) is 0 Å². The fourth-order valence-corrected chi connectivity index (χ4v) is 3.41. The van der Waals surface area contributed by atoms with Gasteiger partial charge in [0.15, 0.2) is 0 Å². The third kappa shape index (κ3) is 3.92. The zero-order valence-corrected chi connectivity index (χ0v) is 11.6. The summed E-state index contributed by atoms with van der Waals surface area (Å²) in [5.41, 5.74) is 6.82. The fourth-order valence-electron chi connectivity index (χ4n) is 2.11. The molecule has 0 radical (unpaired) electrons. The summed E-state index contributed by atoms with van der Waals surface area (Å²) in [6.07, 6.45) is 2.61. The van der Waals surface area contributed by atoms with Gasteiger partial charge in [-0.05, 0) is 36.3 Å². The van der Waals surface area contributed by atoms with E-state index in [0.717, 1.165) is 12.8 Å². The van der Waals surface area contributed by atoms with E-state index in [0.29, 0.717) is 24.2 Å². The standard InChI is InChI=1S/C13H20N2O3S/c14-12-4-2-1-3-11(12)9-19(17,18)15-10-13(5-6-13)7-8-16/h1-4,15-16H,5-10,14H2. The molecule has 0 heterocycles. The number of benzene rings is 1. The van der Waals surface area contributed by atoms with Gasteiger partial charge in [0.05, 0.1) is 5.75 Å². The number of nitrogen functional groups attached to an aromatic ring is 1. The second-order valence-corrected chi connectivity index (χ2v) is 7.06. The van der Waals surface area contributed by atoms with Crippen LogP contribution in [0.15, 0.2) is 24.3 Å². The number of aliphatic hydroxyl groups is 1.